The van der Waals surface area contributed by atoms with E-state index in [1.165, 1.54) is 11.8 Å². The van der Waals surface area contributed by atoms with Gasteiger partial charge in [-0.3, -0.25) is 9.59 Å². The van der Waals surface area contributed by atoms with Crippen LogP contribution in [0, 0.1) is 6.92 Å². The number of thioether (sulfide) groups is 1. The maximum Gasteiger partial charge on any atom is 0.261 e. The van der Waals surface area contributed by atoms with Gasteiger partial charge in [0.2, 0.25) is 5.91 Å². The first-order valence-electron chi connectivity index (χ1n) is 8.22. The predicted molar refractivity (Wildman–Crippen MR) is 110 cm³/mol. The Bertz CT molecular complexity index is 1090. The zero-order chi connectivity index (χ0) is 19.8. The second-order valence-electron chi connectivity index (χ2n) is 6.06. The second-order valence-corrected chi connectivity index (χ2v) is 7.89. The number of amides is 2. The molecule has 28 heavy (non-hydrogen) atoms. The van der Waals surface area contributed by atoms with E-state index in [0.29, 0.717) is 38.5 Å². The van der Waals surface area contributed by atoms with Gasteiger partial charge in [-0.25, -0.2) is 0 Å². The first-order chi connectivity index (χ1) is 13.4. The van der Waals surface area contributed by atoms with E-state index in [4.69, 9.17) is 27.7 Å². The van der Waals surface area contributed by atoms with Crippen molar-refractivity contribution in [1.29, 1.82) is 0 Å². The summed E-state index contributed by atoms with van der Waals surface area (Å²) in [4.78, 5) is 25.5. The molecule has 0 radical (unpaired) electrons. The van der Waals surface area contributed by atoms with Crippen LogP contribution in [0.4, 0.5) is 11.4 Å². The molecule has 2 amide bonds. The number of rotatable bonds is 3. The summed E-state index contributed by atoms with van der Waals surface area (Å²) in [7, 11) is 0. The van der Waals surface area contributed by atoms with Crippen molar-refractivity contribution < 1.29 is 14.1 Å². The maximum atomic E-state index is 13.0. The average Bonchev–Trinajstić information content (AvgIpc) is 3.02. The van der Waals surface area contributed by atoms with E-state index >= 15 is 0 Å². The molecule has 0 aliphatic carbocycles. The van der Waals surface area contributed by atoms with Gasteiger partial charge in [-0.1, -0.05) is 34.4 Å². The van der Waals surface area contributed by atoms with Gasteiger partial charge in [0, 0.05) is 16.1 Å². The van der Waals surface area contributed by atoms with Crippen molar-refractivity contribution in [3.8, 4) is 11.3 Å². The predicted octanol–water partition coefficient (Wildman–Crippen LogP) is 5.25. The third-order valence-corrected chi connectivity index (χ3v) is 5.86. The normalized spacial score (nSPS) is 13.0. The quantitative estimate of drug-likeness (QED) is 0.588. The standard InChI is InChI=1S/C19H13Cl2N3O3S/c1-9-16(18(24-27-9)17-11(20)3-2-4-12(17)21)19(26)22-10-5-6-14-13(7-10)23-15(25)8-28-14/h2-7H,8H2,1H3,(H,22,26)(H,23,25). The van der Waals surface area contributed by atoms with E-state index in [0.717, 1.165) is 4.90 Å². The zero-order valence-electron chi connectivity index (χ0n) is 14.5. The lowest BCUT2D eigenvalue weighted by Crippen LogP contribution is -2.19. The fourth-order valence-corrected chi connectivity index (χ4v) is 4.25. The molecule has 4 rings (SSSR count). The minimum absolute atomic E-state index is 0.0773. The Kier molecular flexibility index (Phi) is 5.05. The molecule has 0 bridgehead atoms. The van der Waals surface area contributed by atoms with Crippen LogP contribution in [0.2, 0.25) is 10.0 Å². The van der Waals surface area contributed by atoms with Crippen LogP contribution < -0.4 is 10.6 Å². The number of fused-ring (bicyclic) bond motifs is 1. The molecule has 0 fully saturated rings. The van der Waals surface area contributed by atoms with Gasteiger partial charge in [0.25, 0.3) is 5.91 Å². The number of halogens is 2. The third kappa shape index (κ3) is 3.48. The van der Waals surface area contributed by atoms with Crippen LogP contribution in [0.3, 0.4) is 0 Å². The van der Waals surface area contributed by atoms with Crippen molar-refractivity contribution in [2.75, 3.05) is 16.4 Å². The van der Waals surface area contributed by atoms with E-state index in [1.807, 2.05) is 6.07 Å². The molecule has 1 aliphatic rings. The minimum atomic E-state index is -0.417. The van der Waals surface area contributed by atoms with Crippen molar-refractivity contribution in [2.45, 2.75) is 11.8 Å². The van der Waals surface area contributed by atoms with Crippen molar-refractivity contribution in [3.05, 3.63) is 57.8 Å². The van der Waals surface area contributed by atoms with Crippen molar-refractivity contribution in [1.82, 2.24) is 5.16 Å². The van der Waals surface area contributed by atoms with Gasteiger partial charge in [-0.2, -0.15) is 0 Å². The summed E-state index contributed by atoms with van der Waals surface area (Å²) in [6.45, 7) is 1.64. The number of nitrogens with one attached hydrogen (secondary N) is 2. The van der Waals surface area contributed by atoms with Gasteiger partial charge in [-0.05, 0) is 37.3 Å². The lowest BCUT2D eigenvalue weighted by atomic mass is 10.1. The summed E-state index contributed by atoms with van der Waals surface area (Å²) < 4.78 is 5.24. The number of nitrogens with zero attached hydrogens (tertiary/aromatic N) is 1. The molecule has 0 saturated heterocycles. The van der Waals surface area contributed by atoms with Crippen molar-refractivity contribution in [2.24, 2.45) is 0 Å². The summed E-state index contributed by atoms with van der Waals surface area (Å²) in [6, 6.07) is 10.4. The van der Waals surface area contributed by atoms with Crippen LogP contribution in [0.1, 0.15) is 16.1 Å². The summed E-state index contributed by atoms with van der Waals surface area (Å²) in [5.41, 5.74) is 2.14. The van der Waals surface area contributed by atoms with Gasteiger partial charge in [-0.15, -0.1) is 11.8 Å². The molecular formula is C19H13Cl2N3O3S. The summed E-state index contributed by atoms with van der Waals surface area (Å²) in [6.07, 6.45) is 0. The molecule has 0 spiro atoms. The first kappa shape index (κ1) is 18.9. The molecule has 2 aromatic carbocycles. The SMILES string of the molecule is Cc1onc(-c2c(Cl)cccc2Cl)c1C(=O)Nc1ccc2c(c1)NC(=O)CS2. The van der Waals surface area contributed by atoms with E-state index in [-0.39, 0.29) is 17.2 Å². The maximum absolute atomic E-state index is 13.0. The Balaban J connectivity index is 1.68. The van der Waals surface area contributed by atoms with E-state index < -0.39 is 5.91 Å². The molecule has 142 valence electrons. The molecule has 1 aromatic heterocycles. The van der Waals surface area contributed by atoms with E-state index in [9.17, 15) is 9.59 Å². The highest BCUT2D eigenvalue weighted by molar-refractivity contribution is 8.00. The van der Waals surface area contributed by atoms with Crippen LogP contribution in [0.15, 0.2) is 45.8 Å². The number of benzene rings is 2. The van der Waals surface area contributed by atoms with E-state index in [2.05, 4.69) is 15.8 Å². The number of carbonyl (C=O) groups excluding carboxylic acids is 2. The monoisotopic (exact) mass is 433 g/mol. The highest BCUT2D eigenvalue weighted by atomic mass is 35.5. The molecule has 1 aliphatic heterocycles. The van der Waals surface area contributed by atoms with Gasteiger partial charge in [0.05, 0.1) is 21.5 Å². The highest BCUT2D eigenvalue weighted by Gasteiger charge is 2.25. The molecule has 0 unspecified atom stereocenters. The fourth-order valence-electron chi connectivity index (χ4n) is 2.89. The second kappa shape index (κ2) is 7.50. The van der Waals surface area contributed by atoms with Crippen LogP contribution in [-0.2, 0) is 4.79 Å². The number of hydrogen-bond donors (Lipinski definition) is 2. The molecular weight excluding hydrogens is 421 g/mol. The number of aryl methyl sites for hydroxylation is 1. The number of carbonyl (C=O) groups is 2. The lowest BCUT2D eigenvalue weighted by Gasteiger charge is -2.17. The molecule has 9 heteroatoms. The van der Waals surface area contributed by atoms with Gasteiger partial charge in [0.1, 0.15) is 17.0 Å². The van der Waals surface area contributed by atoms with Gasteiger partial charge < -0.3 is 15.2 Å². The molecule has 6 nitrogen and oxygen atoms in total. The van der Waals surface area contributed by atoms with Crippen LogP contribution in [0.5, 0.6) is 0 Å². The Hall–Kier alpha value is -2.48. The minimum Gasteiger partial charge on any atom is -0.360 e. The van der Waals surface area contributed by atoms with Crippen LogP contribution in [-0.4, -0.2) is 22.7 Å². The Morgan fingerprint density at radius 1 is 1.25 bits per heavy atom. The first-order valence-corrected chi connectivity index (χ1v) is 9.97. The van der Waals surface area contributed by atoms with Crippen LogP contribution in [0.25, 0.3) is 11.3 Å². The molecule has 2 N–H and O–H groups in total. The van der Waals surface area contributed by atoms with E-state index in [1.54, 1.807) is 37.3 Å². The topological polar surface area (TPSA) is 84.2 Å². The summed E-state index contributed by atoms with van der Waals surface area (Å²) in [5.74, 6) is 0.219. The van der Waals surface area contributed by atoms with Crippen molar-refractivity contribution in [3.63, 3.8) is 0 Å². The Morgan fingerprint density at radius 3 is 2.75 bits per heavy atom. The summed E-state index contributed by atoms with van der Waals surface area (Å²) in [5, 5.41) is 10.3. The third-order valence-electron chi connectivity index (χ3n) is 4.16. The summed E-state index contributed by atoms with van der Waals surface area (Å²) >= 11 is 14.0. The lowest BCUT2D eigenvalue weighted by molar-refractivity contribution is -0.113. The van der Waals surface area contributed by atoms with Crippen LogP contribution >= 0.6 is 35.0 Å². The Labute approximate surface area is 174 Å². The highest BCUT2D eigenvalue weighted by Crippen LogP contribution is 2.37. The van der Waals surface area contributed by atoms with Gasteiger partial charge in [0.15, 0.2) is 0 Å². The number of aromatic nitrogens is 1. The molecule has 2 heterocycles. The fraction of sp³-hybridized carbons (Fsp3) is 0.105. The zero-order valence-corrected chi connectivity index (χ0v) is 16.8. The molecule has 3 aromatic rings. The average molecular weight is 434 g/mol. The molecule has 0 atom stereocenters. The van der Waals surface area contributed by atoms with Crippen molar-refractivity contribution >= 4 is 58.2 Å². The number of hydrogen-bond acceptors (Lipinski definition) is 5. The smallest absolute Gasteiger partial charge is 0.261 e. The number of anilines is 2. The largest absolute Gasteiger partial charge is 0.360 e. The Morgan fingerprint density at radius 2 is 2.00 bits per heavy atom. The van der Waals surface area contributed by atoms with Gasteiger partial charge >= 0.3 is 0 Å². The molecule has 0 saturated carbocycles.